The summed E-state index contributed by atoms with van der Waals surface area (Å²) in [5.41, 5.74) is 0.413. The molecule has 1 unspecified atom stereocenters. The molecule has 118 valence electrons. The van der Waals surface area contributed by atoms with Gasteiger partial charge in [0.15, 0.2) is 11.5 Å². The molecule has 2 aromatic carbocycles. The summed E-state index contributed by atoms with van der Waals surface area (Å²) < 4.78 is 16.1. The molecule has 4 heteroatoms. The van der Waals surface area contributed by atoms with E-state index >= 15 is 0 Å². The lowest BCUT2D eigenvalue weighted by molar-refractivity contribution is 0.0759. The van der Waals surface area contributed by atoms with Crippen LogP contribution in [0, 0.1) is 0 Å². The Morgan fingerprint density at radius 1 is 0.864 bits per heavy atom. The fraction of sp³-hybridized carbons (Fsp3) is 0.333. The van der Waals surface area contributed by atoms with Gasteiger partial charge in [-0.15, -0.1) is 0 Å². The largest absolute Gasteiger partial charge is 0.493 e. The van der Waals surface area contributed by atoms with Crippen molar-refractivity contribution in [1.82, 2.24) is 0 Å². The Labute approximate surface area is 131 Å². The SMILES string of the molecule is CCC(O)(c1ccccc1)c1cc(OC)c(OC)c(OC)c1. The first-order valence-corrected chi connectivity index (χ1v) is 7.19. The van der Waals surface area contributed by atoms with E-state index in [1.807, 2.05) is 37.3 Å². The van der Waals surface area contributed by atoms with E-state index in [9.17, 15) is 5.11 Å². The van der Waals surface area contributed by atoms with Gasteiger partial charge in [-0.3, -0.25) is 0 Å². The van der Waals surface area contributed by atoms with Crippen molar-refractivity contribution >= 4 is 0 Å². The van der Waals surface area contributed by atoms with Crippen molar-refractivity contribution in [3.05, 3.63) is 53.6 Å². The summed E-state index contributed by atoms with van der Waals surface area (Å²) in [4.78, 5) is 0. The standard InChI is InChI=1S/C18H22O4/c1-5-18(19,13-9-7-6-8-10-13)14-11-15(20-2)17(22-4)16(12-14)21-3/h6-12,19H,5H2,1-4H3. The molecule has 2 rings (SSSR count). The van der Waals surface area contributed by atoms with Crippen molar-refractivity contribution in [2.75, 3.05) is 21.3 Å². The van der Waals surface area contributed by atoms with Gasteiger partial charge in [0, 0.05) is 0 Å². The van der Waals surface area contributed by atoms with Crippen molar-refractivity contribution in [2.45, 2.75) is 18.9 Å². The first kappa shape index (κ1) is 16.2. The normalized spacial score (nSPS) is 13.3. The van der Waals surface area contributed by atoms with Crippen LogP contribution >= 0.6 is 0 Å². The van der Waals surface area contributed by atoms with Crippen LogP contribution in [-0.2, 0) is 5.60 Å². The number of ether oxygens (including phenoxy) is 3. The third-order valence-electron chi connectivity index (χ3n) is 3.91. The van der Waals surface area contributed by atoms with Gasteiger partial charge in [-0.25, -0.2) is 0 Å². The highest BCUT2D eigenvalue weighted by Gasteiger charge is 2.31. The first-order chi connectivity index (χ1) is 10.6. The minimum Gasteiger partial charge on any atom is -0.493 e. The highest BCUT2D eigenvalue weighted by Crippen LogP contribution is 2.43. The molecule has 0 saturated carbocycles. The van der Waals surface area contributed by atoms with E-state index in [2.05, 4.69) is 0 Å². The van der Waals surface area contributed by atoms with Gasteiger partial charge < -0.3 is 19.3 Å². The second-order valence-corrected chi connectivity index (χ2v) is 4.99. The molecule has 0 spiro atoms. The molecular weight excluding hydrogens is 280 g/mol. The highest BCUT2D eigenvalue weighted by atomic mass is 16.5. The van der Waals surface area contributed by atoms with Gasteiger partial charge in [-0.1, -0.05) is 37.3 Å². The smallest absolute Gasteiger partial charge is 0.203 e. The predicted octanol–water partition coefficient (Wildman–Crippen LogP) is 3.36. The molecule has 1 N–H and O–H groups in total. The van der Waals surface area contributed by atoms with Crippen LogP contribution < -0.4 is 14.2 Å². The molecule has 0 fully saturated rings. The second-order valence-electron chi connectivity index (χ2n) is 4.99. The lowest BCUT2D eigenvalue weighted by Crippen LogP contribution is -2.26. The molecule has 0 aliphatic carbocycles. The topological polar surface area (TPSA) is 47.9 Å². The zero-order valence-electron chi connectivity index (χ0n) is 13.4. The van der Waals surface area contributed by atoms with Crippen LogP contribution in [0.1, 0.15) is 24.5 Å². The summed E-state index contributed by atoms with van der Waals surface area (Å²) in [7, 11) is 4.69. The van der Waals surface area contributed by atoms with Crippen molar-refractivity contribution in [3.63, 3.8) is 0 Å². The molecule has 0 heterocycles. The Bertz CT molecular complexity index is 599. The van der Waals surface area contributed by atoms with Crippen LogP contribution in [-0.4, -0.2) is 26.4 Å². The van der Waals surface area contributed by atoms with E-state index in [4.69, 9.17) is 14.2 Å². The van der Waals surface area contributed by atoms with Gasteiger partial charge in [0.05, 0.1) is 21.3 Å². The molecule has 0 amide bonds. The number of aliphatic hydroxyl groups is 1. The molecule has 2 aromatic rings. The van der Waals surface area contributed by atoms with Crippen LogP contribution in [0.15, 0.2) is 42.5 Å². The van der Waals surface area contributed by atoms with Crippen molar-refractivity contribution < 1.29 is 19.3 Å². The average Bonchev–Trinajstić information content (AvgIpc) is 2.60. The van der Waals surface area contributed by atoms with Gasteiger partial charge in [-0.05, 0) is 29.7 Å². The summed E-state index contributed by atoms with van der Waals surface area (Å²) in [5.74, 6) is 1.57. The van der Waals surface area contributed by atoms with Crippen LogP contribution in [0.4, 0.5) is 0 Å². The third-order valence-corrected chi connectivity index (χ3v) is 3.91. The molecule has 22 heavy (non-hydrogen) atoms. The fourth-order valence-corrected chi connectivity index (χ4v) is 2.61. The number of methoxy groups -OCH3 is 3. The maximum atomic E-state index is 11.2. The minimum atomic E-state index is -1.12. The summed E-state index contributed by atoms with van der Waals surface area (Å²) in [6.07, 6.45) is 0.523. The van der Waals surface area contributed by atoms with E-state index in [1.165, 1.54) is 0 Å². The Hall–Kier alpha value is -2.20. The lowest BCUT2D eigenvalue weighted by Gasteiger charge is -2.29. The lowest BCUT2D eigenvalue weighted by atomic mass is 9.84. The average molecular weight is 302 g/mol. The zero-order chi connectivity index (χ0) is 16.2. The zero-order valence-corrected chi connectivity index (χ0v) is 13.4. The molecular formula is C18H22O4. The van der Waals surface area contributed by atoms with Crippen molar-refractivity contribution in [1.29, 1.82) is 0 Å². The van der Waals surface area contributed by atoms with Gasteiger partial charge in [0.25, 0.3) is 0 Å². The van der Waals surface area contributed by atoms with Crippen molar-refractivity contribution in [2.24, 2.45) is 0 Å². The molecule has 0 aromatic heterocycles. The third kappa shape index (κ3) is 2.74. The Morgan fingerprint density at radius 2 is 1.41 bits per heavy atom. The molecule has 0 aliphatic rings. The van der Waals surface area contributed by atoms with Crippen LogP contribution in [0.2, 0.25) is 0 Å². The van der Waals surface area contributed by atoms with E-state index in [0.717, 1.165) is 5.56 Å². The second kappa shape index (κ2) is 6.71. The molecule has 0 bridgehead atoms. The van der Waals surface area contributed by atoms with E-state index in [1.54, 1.807) is 33.5 Å². The monoisotopic (exact) mass is 302 g/mol. The van der Waals surface area contributed by atoms with Gasteiger partial charge in [0.2, 0.25) is 5.75 Å². The maximum Gasteiger partial charge on any atom is 0.203 e. The van der Waals surface area contributed by atoms with Crippen LogP contribution in [0.25, 0.3) is 0 Å². The summed E-state index contributed by atoms with van der Waals surface area (Å²) in [6, 6.07) is 13.1. The fourth-order valence-electron chi connectivity index (χ4n) is 2.61. The number of hydrogen-bond acceptors (Lipinski definition) is 4. The molecule has 1 atom stereocenters. The molecule has 0 saturated heterocycles. The summed E-state index contributed by atoms with van der Waals surface area (Å²) in [6.45, 7) is 1.94. The molecule has 0 radical (unpaired) electrons. The Morgan fingerprint density at radius 3 is 1.82 bits per heavy atom. The summed E-state index contributed by atoms with van der Waals surface area (Å²) >= 11 is 0. The Kier molecular flexibility index (Phi) is 4.93. The summed E-state index contributed by atoms with van der Waals surface area (Å²) in [5, 5.41) is 11.2. The van der Waals surface area contributed by atoms with Gasteiger partial charge in [0.1, 0.15) is 5.60 Å². The van der Waals surface area contributed by atoms with Crippen LogP contribution in [0.5, 0.6) is 17.2 Å². The highest BCUT2D eigenvalue weighted by molar-refractivity contribution is 5.56. The number of benzene rings is 2. The van der Waals surface area contributed by atoms with E-state index < -0.39 is 5.60 Å². The molecule has 4 nitrogen and oxygen atoms in total. The molecule has 0 aliphatic heterocycles. The first-order valence-electron chi connectivity index (χ1n) is 7.19. The quantitative estimate of drug-likeness (QED) is 0.889. The van der Waals surface area contributed by atoms with E-state index in [-0.39, 0.29) is 0 Å². The van der Waals surface area contributed by atoms with Crippen LogP contribution in [0.3, 0.4) is 0 Å². The number of rotatable bonds is 6. The Balaban J connectivity index is 2.64. The maximum absolute atomic E-state index is 11.2. The van der Waals surface area contributed by atoms with Gasteiger partial charge in [-0.2, -0.15) is 0 Å². The predicted molar refractivity (Wildman–Crippen MR) is 85.8 cm³/mol. The number of hydrogen-bond donors (Lipinski definition) is 1. The van der Waals surface area contributed by atoms with E-state index in [0.29, 0.717) is 29.2 Å². The van der Waals surface area contributed by atoms with Crippen molar-refractivity contribution in [3.8, 4) is 17.2 Å². The van der Waals surface area contributed by atoms with Gasteiger partial charge >= 0.3 is 0 Å². The minimum absolute atomic E-state index is 0.514.